The molecule has 0 bridgehead atoms. The largest absolute Gasteiger partial charge is 0.505 e. The van der Waals surface area contributed by atoms with Crippen molar-refractivity contribution in [2.45, 2.75) is 13.0 Å². The minimum absolute atomic E-state index is 0.0849. The quantitative estimate of drug-likeness (QED) is 0.546. The van der Waals surface area contributed by atoms with Crippen molar-refractivity contribution < 1.29 is 13.9 Å². The molecule has 0 aliphatic rings. The van der Waals surface area contributed by atoms with Crippen LogP contribution in [0.2, 0.25) is 0 Å². The van der Waals surface area contributed by atoms with Gasteiger partial charge in [-0.15, -0.1) is 0 Å². The molecule has 140 valence electrons. The Kier molecular flexibility index (Phi) is 4.57. The monoisotopic (exact) mass is 378 g/mol. The highest BCUT2D eigenvalue weighted by Crippen LogP contribution is 2.37. The normalized spacial score (nSPS) is 12.1. The van der Waals surface area contributed by atoms with Crippen LogP contribution in [-0.2, 0) is 0 Å². The van der Waals surface area contributed by atoms with Crippen LogP contribution in [0.5, 0.6) is 5.75 Å². The Morgan fingerprint density at radius 2 is 1.68 bits per heavy atom. The molecule has 0 aliphatic carbocycles. The fraction of sp³-hybridized carbons (Fsp3) is 0.0952. The molecule has 0 aliphatic heterocycles. The van der Waals surface area contributed by atoms with Crippen LogP contribution in [-0.4, -0.2) is 20.1 Å². The molecular weight excluding hydrogens is 362 g/mol. The summed E-state index contributed by atoms with van der Waals surface area (Å²) < 4.78 is 28.0. The number of aromatic hydroxyl groups is 1. The van der Waals surface area contributed by atoms with Gasteiger partial charge in [-0.2, -0.15) is 0 Å². The highest BCUT2D eigenvalue weighted by atomic mass is 19.1. The number of aryl methyl sites for hydroxylation is 1. The lowest BCUT2D eigenvalue weighted by Gasteiger charge is -2.22. The molecule has 28 heavy (non-hydrogen) atoms. The summed E-state index contributed by atoms with van der Waals surface area (Å²) in [6, 6.07) is 11.3. The van der Waals surface area contributed by atoms with Crippen LogP contribution >= 0.6 is 0 Å². The van der Waals surface area contributed by atoms with Crippen molar-refractivity contribution in [3.63, 3.8) is 0 Å². The summed E-state index contributed by atoms with van der Waals surface area (Å²) in [7, 11) is 0. The summed E-state index contributed by atoms with van der Waals surface area (Å²) in [4.78, 5) is 12.6. The van der Waals surface area contributed by atoms with Crippen molar-refractivity contribution in [2.75, 3.05) is 5.32 Å². The highest BCUT2D eigenvalue weighted by molar-refractivity contribution is 5.86. The van der Waals surface area contributed by atoms with Gasteiger partial charge in [0.1, 0.15) is 22.9 Å². The predicted molar refractivity (Wildman–Crippen MR) is 102 cm³/mol. The number of hydrogen-bond donors (Lipinski definition) is 2. The molecular formula is C21H16F2N4O. The van der Waals surface area contributed by atoms with E-state index in [9.17, 15) is 13.9 Å². The lowest BCUT2D eigenvalue weighted by atomic mass is 9.95. The highest BCUT2D eigenvalue weighted by Gasteiger charge is 2.24. The molecule has 2 heterocycles. The second kappa shape index (κ2) is 7.19. The summed E-state index contributed by atoms with van der Waals surface area (Å²) in [6.45, 7) is 1.82. The first-order valence-corrected chi connectivity index (χ1v) is 8.60. The van der Waals surface area contributed by atoms with E-state index in [1.165, 1.54) is 12.1 Å². The molecule has 1 unspecified atom stereocenters. The second-order valence-electron chi connectivity index (χ2n) is 6.34. The van der Waals surface area contributed by atoms with Gasteiger partial charge in [-0.25, -0.2) is 23.7 Å². The van der Waals surface area contributed by atoms with E-state index in [4.69, 9.17) is 0 Å². The molecule has 0 fully saturated rings. The molecule has 5 nitrogen and oxygen atoms in total. The number of anilines is 1. The number of phenolic OH excluding ortho intramolecular Hbond substituents is 1. The molecule has 0 radical (unpaired) electrons. The summed E-state index contributed by atoms with van der Waals surface area (Å²) in [5.74, 6) is -1.27. The number of nitrogens with zero attached hydrogens (tertiary/aromatic N) is 3. The SMILES string of the molecule is Cc1ccc2ccc(C(Nc3ncccn3)c3ccc(F)cc3F)c(O)c2n1. The number of phenols is 1. The Labute approximate surface area is 159 Å². The van der Waals surface area contributed by atoms with E-state index in [2.05, 4.69) is 20.3 Å². The van der Waals surface area contributed by atoms with Crippen molar-refractivity contribution in [3.8, 4) is 5.75 Å². The first-order chi connectivity index (χ1) is 13.5. The average Bonchev–Trinajstić information content (AvgIpc) is 2.68. The van der Waals surface area contributed by atoms with E-state index in [1.807, 2.05) is 19.1 Å². The Balaban J connectivity index is 1.90. The van der Waals surface area contributed by atoms with Crippen molar-refractivity contribution in [1.29, 1.82) is 0 Å². The van der Waals surface area contributed by atoms with Gasteiger partial charge in [0.05, 0.1) is 6.04 Å². The van der Waals surface area contributed by atoms with Crippen LogP contribution in [0.1, 0.15) is 22.9 Å². The molecule has 7 heteroatoms. The fourth-order valence-corrected chi connectivity index (χ4v) is 3.08. The number of fused-ring (bicyclic) bond motifs is 1. The summed E-state index contributed by atoms with van der Waals surface area (Å²) in [6.07, 6.45) is 3.08. The molecule has 0 saturated carbocycles. The number of benzene rings is 2. The maximum atomic E-state index is 14.6. The van der Waals surface area contributed by atoms with E-state index >= 15 is 0 Å². The Hall–Kier alpha value is -3.61. The standard InChI is InChI=1S/C21H16F2N4O/c1-12-3-4-13-5-7-16(20(28)18(13)26-12)19(27-21-24-9-2-10-25-21)15-8-6-14(22)11-17(15)23/h2-11,19,28H,1H3,(H,24,25,27). The van der Waals surface area contributed by atoms with Gasteiger partial charge in [0, 0.05) is 40.7 Å². The smallest absolute Gasteiger partial charge is 0.223 e. The van der Waals surface area contributed by atoms with E-state index < -0.39 is 17.7 Å². The maximum Gasteiger partial charge on any atom is 0.223 e. The summed E-state index contributed by atoms with van der Waals surface area (Å²) in [5.41, 5.74) is 1.67. The summed E-state index contributed by atoms with van der Waals surface area (Å²) in [5, 5.41) is 14.7. The van der Waals surface area contributed by atoms with Gasteiger partial charge >= 0.3 is 0 Å². The topological polar surface area (TPSA) is 70.9 Å². The zero-order chi connectivity index (χ0) is 19.7. The van der Waals surface area contributed by atoms with Crippen LogP contribution < -0.4 is 5.32 Å². The van der Waals surface area contributed by atoms with E-state index in [1.54, 1.807) is 30.6 Å². The number of halogens is 2. The van der Waals surface area contributed by atoms with Crippen molar-refractivity contribution in [3.05, 3.63) is 89.4 Å². The maximum absolute atomic E-state index is 14.6. The van der Waals surface area contributed by atoms with Gasteiger partial charge in [-0.05, 0) is 25.1 Å². The fourth-order valence-electron chi connectivity index (χ4n) is 3.08. The molecule has 2 aromatic carbocycles. The Morgan fingerprint density at radius 3 is 2.43 bits per heavy atom. The van der Waals surface area contributed by atoms with Crippen LogP contribution in [0.25, 0.3) is 10.9 Å². The Morgan fingerprint density at radius 1 is 0.964 bits per heavy atom. The number of rotatable bonds is 4. The number of pyridine rings is 1. The van der Waals surface area contributed by atoms with Crippen LogP contribution in [0.3, 0.4) is 0 Å². The van der Waals surface area contributed by atoms with Crippen molar-refractivity contribution in [1.82, 2.24) is 15.0 Å². The lowest BCUT2D eigenvalue weighted by Crippen LogP contribution is -2.16. The third kappa shape index (κ3) is 3.34. The second-order valence-corrected chi connectivity index (χ2v) is 6.34. The zero-order valence-corrected chi connectivity index (χ0v) is 14.9. The van der Waals surface area contributed by atoms with E-state index in [-0.39, 0.29) is 17.3 Å². The van der Waals surface area contributed by atoms with Crippen LogP contribution in [0, 0.1) is 18.6 Å². The first-order valence-electron chi connectivity index (χ1n) is 8.60. The van der Waals surface area contributed by atoms with Crippen LogP contribution in [0.4, 0.5) is 14.7 Å². The zero-order valence-electron chi connectivity index (χ0n) is 14.9. The van der Waals surface area contributed by atoms with Gasteiger partial charge in [-0.1, -0.05) is 24.3 Å². The number of hydrogen-bond acceptors (Lipinski definition) is 5. The molecule has 2 N–H and O–H groups in total. The molecule has 4 rings (SSSR count). The lowest BCUT2D eigenvalue weighted by molar-refractivity contribution is 0.470. The van der Waals surface area contributed by atoms with E-state index in [0.717, 1.165) is 17.1 Å². The van der Waals surface area contributed by atoms with Crippen molar-refractivity contribution in [2.24, 2.45) is 0 Å². The number of aromatic nitrogens is 3. The molecule has 0 saturated heterocycles. The third-order valence-electron chi connectivity index (χ3n) is 4.43. The molecule has 1 atom stereocenters. The van der Waals surface area contributed by atoms with Gasteiger partial charge in [0.25, 0.3) is 0 Å². The molecule has 4 aromatic rings. The predicted octanol–water partition coefficient (Wildman–Crippen LogP) is 4.52. The Bertz CT molecular complexity index is 1150. The van der Waals surface area contributed by atoms with Gasteiger partial charge < -0.3 is 10.4 Å². The van der Waals surface area contributed by atoms with Crippen LogP contribution in [0.15, 0.2) is 60.9 Å². The average molecular weight is 378 g/mol. The molecule has 2 aromatic heterocycles. The first kappa shape index (κ1) is 17.8. The minimum atomic E-state index is -0.852. The van der Waals surface area contributed by atoms with Gasteiger partial charge in [0.15, 0.2) is 0 Å². The minimum Gasteiger partial charge on any atom is -0.505 e. The van der Waals surface area contributed by atoms with Crippen molar-refractivity contribution >= 4 is 16.9 Å². The summed E-state index contributed by atoms with van der Waals surface area (Å²) >= 11 is 0. The third-order valence-corrected chi connectivity index (χ3v) is 4.43. The molecule has 0 amide bonds. The van der Waals surface area contributed by atoms with Gasteiger partial charge in [0.2, 0.25) is 5.95 Å². The van der Waals surface area contributed by atoms with E-state index in [0.29, 0.717) is 11.1 Å². The number of nitrogens with one attached hydrogen (secondary N) is 1. The van der Waals surface area contributed by atoms with Gasteiger partial charge in [-0.3, -0.25) is 0 Å². The molecule has 0 spiro atoms.